The van der Waals surface area contributed by atoms with Gasteiger partial charge in [-0.15, -0.1) is 0 Å². The van der Waals surface area contributed by atoms with Crippen molar-refractivity contribution in [3.8, 4) is 0 Å². The quantitative estimate of drug-likeness (QED) is 0.685. The zero-order valence-corrected chi connectivity index (χ0v) is 14.7. The number of ether oxygens (including phenoxy) is 1. The van der Waals surface area contributed by atoms with E-state index in [0.29, 0.717) is 25.2 Å². The first-order valence-electron chi connectivity index (χ1n) is 8.54. The molecule has 0 aliphatic heterocycles. The molecular formula is C17H36N2O2. The second-order valence-electron chi connectivity index (χ2n) is 7.32. The van der Waals surface area contributed by atoms with Crippen molar-refractivity contribution < 1.29 is 9.84 Å². The van der Waals surface area contributed by atoms with Crippen LogP contribution < -0.4 is 5.32 Å². The molecule has 21 heavy (non-hydrogen) atoms. The van der Waals surface area contributed by atoms with Crippen LogP contribution in [0.2, 0.25) is 0 Å². The molecule has 3 atom stereocenters. The Morgan fingerprint density at radius 1 is 1.29 bits per heavy atom. The molecule has 0 aromatic rings. The molecule has 0 radical (unpaired) electrons. The summed E-state index contributed by atoms with van der Waals surface area (Å²) >= 11 is 0. The first-order chi connectivity index (χ1) is 9.86. The summed E-state index contributed by atoms with van der Waals surface area (Å²) in [6, 6.07) is 0. The van der Waals surface area contributed by atoms with E-state index in [4.69, 9.17) is 4.74 Å². The monoisotopic (exact) mass is 300 g/mol. The van der Waals surface area contributed by atoms with Crippen molar-refractivity contribution in [2.75, 3.05) is 33.8 Å². The summed E-state index contributed by atoms with van der Waals surface area (Å²) in [6.07, 6.45) is 6.18. The van der Waals surface area contributed by atoms with Crippen LogP contribution in [0.4, 0.5) is 0 Å². The molecule has 1 fully saturated rings. The lowest BCUT2D eigenvalue weighted by Gasteiger charge is -2.33. The minimum absolute atomic E-state index is 0.0945. The summed E-state index contributed by atoms with van der Waals surface area (Å²) in [5.74, 6) is 0.687. The van der Waals surface area contributed by atoms with E-state index >= 15 is 0 Å². The van der Waals surface area contributed by atoms with Crippen molar-refractivity contribution in [2.45, 2.75) is 70.6 Å². The van der Waals surface area contributed by atoms with E-state index in [1.54, 1.807) is 0 Å². The van der Waals surface area contributed by atoms with Gasteiger partial charge in [-0.25, -0.2) is 0 Å². The van der Waals surface area contributed by atoms with E-state index in [1.165, 1.54) is 25.7 Å². The van der Waals surface area contributed by atoms with Crippen LogP contribution in [-0.2, 0) is 4.74 Å². The van der Waals surface area contributed by atoms with Crippen LogP contribution in [0, 0.1) is 5.92 Å². The summed E-state index contributed by atoms with van der Waals surface area (Å²) in [7, 11) is 4.16. The molecule has 2 N–H and O–H groups in total. The van der Waals surface area contributed by atoms with Crippen molar-refractivity contribution in [3.05, 3.63) is 0 Å². The molecule has 126 valence electrons. The molecule has 1 rings (SSSR count). The van der Waals surface area contributed by atoms with Crippen LogP contribution in [0.25, 0.3) is 0 Å². The predicted molar refractivity (Wildman–Crippen MR) is 88.6 cm³/mol. The Bertz CT molecular complexity index is 282. The standard InChI is InChI=1S/C17H36N2O2/c1-6-14-9-7-8-10-16(14)21-12-15(20)11-18-13-17(2,3)19(4)5/h14-16,18,20H,6-13H2,1-5H3. The SMILES string of the molecule is CCC1CCCCC1OCC(O)CNCC(C)(C)N(C)C. The topological polar surface area (TPSA) is 44.7 Å². The lowest BCUT2D eigenvalue weighted by Crippen LogP contribution is -2.48. The average molecular weight is 300 g/mol. The Labute approximate surface area is 131 Å². The van der Waals surface area contributed by atoms with Crippen LogP contribution in [0.3, 0.4) is 0 Å². The first kappa shape index (κ1) is 18.9. The van der Waals surface area contributed by atoms with Gasteiger partial charge in [-0.3, -0.25) is 0 Å². The molecule has 3 unspecified atom stereocenters. The summed E-state index contributed by atoms with van der Waals surface area (Å²) in [5.41, 5.74) is 0.0945. The van der Waals surface area contributed by atoms with E-state index in [0.717, 1.165) is 13.0 Å². The van der Waals surface area contributed by atoms with Crippen LogP contribution in [0.1, 0.15) is 52.9 Å². The number of rotatable bonds is 9. The molecule has 4 nitrogen and oxygen atoms in total. The van der Waals surface area contributed by atoms with E-state index in [2.05, 4.69) is 45.1 Å². The lowest BCUT2D eigenvalue weighted by atomic mass is 9.85. The highest BCUT2D eigenvalue weighted by Crippen LogP contribution is 2.29. The molecular weight excluding hydrogens is 264 g/mol. The normalized spacial score (nSPS) is 25.3. The highest BCUT2D eigenvalue weighted by Gasteiger charge is 2.25. The third kappa shape index (κ3) is 6.64. The molecule has 4 heteroatoms. The van der Waals surface area contributed by atoms with Gasteiger partial charge in [-0.2, -0.15) is 0 Å². The van der Waals surface area contributed by atoms with Crippen molar-refractivity contribution >= 4 is 0 Å². The molecule has 1 aliphatic carbocycles. The Hall–Kier alpha value is -0.160. The second-order valence-corrected chi connectivity index (χ2v) is 7.32. The molecule has 0 heterocycles. The maximum Gasteiger partial charge on any atom is 0.0897 e. The smallest absolute Gasteiger partial charge is 0.0897 e. The van der Waals surface area contributed by atoms with Gasteiger partial charge in [0, 0.05) is 18.6 Å². The third-order valence-electron chi connectivity index (χ3n) is 5.01. The number of hydrogen-bond acceptors (Lipinski definition) is 4. The van der Waals surface area contributed by atoms with Crippen LogP contribution in [0.5, 0.6) is 0 Å². The molecule has 0 bridgehead atoms. The summed E-state index contributed by atoms with van der Waals surface area (Å²) in [6.45, 7) is 8.54. The van der Waals surface area contributed by atoms with Crippen LogP contribution >= 0.6 is 0 Å². The first-order valence-corrected chi connectivity index (χ1v) is 8.54. The minimum Gasteiger partial charge on any atom is -0.389 e. The lowest BCUT2D eigenvalue weighted by molar-refractivity contribution is -0.0502. The van der Waals surface area contributed by atoms with Crippen molar-refractivity contribution in [3.63, 3.8) is 0 Å². The van der Waals surface area contributed by atoms with Gasteiger partial charge in [0.2, 0.25) is 0 Å². The maximum absolute atomic E-state index is 10.1. The number of nitrogens with zero attached hydrogens (tertiary/aromatic N) is 1. The van der Waals surface area contributed by atoms with Gasteiger partial charge in [0.05, 0.1) is 18.8 Å². The van der Waals surface area contributed by atoms with Gasteiger partial charge in [-0.1, -0.05) is 26.2 Å². The van der Waals surface area contributed by atoms with Gasteiger partial charge in [-0.05, 0) is 46.7 Å². The van der Waals surface area contributed by atoms with Crippen LogP contribution in [0.15, 0.2) is 0 Å². The average Bonchev–Trinajstić information content (AvgIpc) is 2.45. The zero-order chi connectivity index (χ0) is 15.9. The van der Waals surface area contributed by atoms with Gasteiger partial charge in [0.25, 0.3) is 0 Å². The second kappa shape index (κ2) is 9.09. The molecule has 0 saturated heterocycles. The summed E-state index contributed by atoms with van der Waals surface area (Å²) in [4.78, 5) is 2.19. The third-order valence-corrected chi connectivity index (χ3v) is 5.01. The van der Waals surface area contributed by atoms with Crippen LogP contribution in [-0.4, -0.2) is 61.5 Å². The predicted octanol–water partition coefficient (Wildman–Crippen LogP) is 2.26. The number of hydrogen-bond donors (Lipinski definition) is 2. The van der Waals surface area contributed by atoms with Crippen molar-refractivity contribution in [1.29, 1.82) is 0 Å². The van der Waals surface area contributed by atoms with E-state index < -0.39 is 6.10 Å². The van der Waals surface area contributed by atoms with E-state index in [1.807, 2.05) is 0 Å². The molecule has 0 aromatic heterocycles. The van der Waals surface area contributed by atoms with Gasteiger partial charge >= 0.3 is 0 Å². The largest absolute Gasteiger partial charge is 0.389 e. The number of aliphatic hydroxyl groups is 1. The zero-order valence-electron chi connectivity index (χ0n) is 14.7. The van der Waals surface area contributed by atoms with Crippen molar-refractivity contribution in [2.24, 2.45) is 5.92 Å². The molecule has 0 amide bonds. The van der Waals surface area contributed by atoms with Crippen molar-refractivity contribution in [1.82, 2.24) is 10.2 Å². The van der Waals surface area contributed by atoms with E-state index in [9.17, 15) is 5.11 Å². The fourth-order valence-electron chi connectivity index (χ4n) is 2.86. The fourth-order valence-corrected chi connectivity index (χ4v) is 2.86. The van der Waals surface area contributed by atoms with E-state index in [-0.39, 0.29) is 5.54 Å². The van der Waals surface area contributed by atoms with Gasteiger partial charge in [0.1, 0.15) is 0 Å². The molecule has 0 aromatic carbocycles. The Morgan fingerprint density at radius 3 is 2.57 bits per heavy atom. The van der Waals surface area contributed by atoms with Gasteiger partial charge < -0.3 is 20.1 Å². The minimum atomic E-state index is -0.414. The highest BCUT2D eigenvalue weighted by molar-refractivity contribution is 4.80. The summed E-state index contributed by atoms with van der Waals surface area (Å²) in [5, 5.41) is 13.4. The molecule has 1 saturated carbocycles. The highest BCUT2D eigenvalue weighted by atomic mass is 16.5. The fraction of sp³-hybridized carbons (Fsp3) is 1.00. The number of nitrogens with one attached hydrogen (secondary N) is 1. The Morgan fingerprint density at radius 2 is 1.95 bits per heavy atom. The number of aliphatic hydroxyl groups excluding tert-OH is 1. The summed E-state index contributed by atoms with van der Waals surface area (Å²) < 4.78 is 5.98. The molecule has 1 aliphatic rings. The maximum atomic E-state index is 10.1. The Kier molecular flexibility index (Phi) is 8.17. The Balaban J connectivity index is 2.20. The van der Waals surface area contributed by atoms with Gasteiger partial charge in [0.15, 0.2) is 0 Å². The molecule has 0 spiro atoms. The number of likely N-dealkylation sites (N-methyl/N-ethyl adjacent to an activating group) is 1.